The van der Waals surface area contributed by atoms with Gasteiger partial charge in [-0.05, 0) is 60.6 Å². The Morgan fingerprint density at radius 1 is 1.12 bits per heavy atom. The third kappa shape index (κ3) is 5.54. The van der Waals surface area contributed by atoms with Crippen LogP contribution >= 0.6 is 11.6 Å². The molecule has 6 rings (SSSR count). The first-order valence-corrected chi connectivity index (χ1v) is 14.1. The summed E-state index contributed by atoms with van der Waals surface area (Å²) >= 11 is 6.72. The number of aromatic nitrogens is 1. The lowest BCUT2D eigenvalue weighted by molar-refractivity contribution is -0.140. The largest absolute Gasteiger partial charge is 0.488 e. The third-order valence-corrected chi connectivity index (χ3v) is 8.15. The summed E-state index contributed by atoms with van der Waals surface area (Å²) in [6.07, 6.45) is 5.34. The number of ether oxygens (including phenoxy) is 2. The van der Waals surface area contributed by atoms with Crippen LogP contribution in [0, 0.1) is 17.1 Å². The van der Waals surface area contributed by atoms with Crippen LogP contribution in [-0.2, 0) is 24.4 Å². The lowest BCUT2D eigenvalue weighted by Crippen LogP contribution is -2.38. The fraction of sp³-hybridized carbons (Fsp3) is 0.242. The van der Waals surface area contributed by atoms with Crippen molar-refractivity contribution in [2.75, 3.05) is 0 Å². The van der Waals surface area contributed by atoms with Gasteiger partial charge in [0.15, 0.2) is 0 Å². The van der Waals surface area contributed by atoms with Crippen LogP contribution in [0.15, 0.2) is 73.1 Å². The molecule has 42 heavy (non-hydrogen) atoms. The van der Waals surface area contributed by atoms with Crippen molar-refractivity contribution in [1.82, 2.24) is 10.3 Å². The van der Waals surface area contributed by atoms with Gasteiger partial charge >= 0.3 is 5.97 Å². The zero-order chi connectivity index (χ0) is 29.3. The second kappa shape index (κ2) is 11.4. The van der Waals surface area contributed by atoms with Crippen LogP contribution in [0.25, 0.3) is 11.1 Å². The Bertz CT molecular complexity index is 1720. The van der Waals surface area contributed by atoms with Gasteiger partial charge in [0.25, 0.3) is 0 Å². The summed E-state index contributed by atoms with van der Waals surface area (Å²) in [7, 11) is 0. The van der Waals surface area contributed by atoms with Crippen molar-refractivity contribution in [2.24, 2.45) is 0 Å². The minimum atomic E-state index is -0.937. The van der Waals surface area contributed by atoms with E-state index in [1.165, 1.54) is 12.3 Å². The number of nitrogens with zero attached hydrogens (tertiary/aromatic N) is 2. The molecule has 9 heteroatoms. The molecule has 0 saturated heterocycles. The number of fused-ring (bicyclic) bond motifs is 1. The van der Waals surface area contributed by atoms with E-state index in [9.17, 15) is 19.6 Å². The Morgan fingerprint density at radius 2 is 1.93 bits per heavy atom. The monoisotopic (exact) mass is 583 g/mol. The van der Waals surface area contributed by atoms with E-state index in [4.69, 9.17) is 21.1 Å². The molecule has 7 nitrogen and oxygen atoms in total. The number of nitriles is 1. The molecule has 1 heterocycles. The summed E-state index contributed by atoms with van der Waals surface area (Å²) < 4.78 is 27.3. The zero-order valence-corrected chi connectivity index (χ0v) is 23.3. The number of benzene rings is 3. The maximum Gasteiger partial charge on any atom is 0.323 e. The molecule has 1 atom stereocenters. The van der Waals surface area contributed by atoms with Gasteiger partial charge in [0.1, 0.15) is 41.6 Å². The summed E-state index contributed by atoms with van der Waals surface area (Å²) in [6, 6.07) is 19.8. The highest BCUT2D eigenvalue weighted by atomic mass is 35.5. The Morgan fingerprint density at radius 3 is 2.69 bits per heavy atom. The van der Waals surface area contributed by atoms with Gasteiger partial charge in [-0.25, -0.2) is 4.39 Å². The third-order valence-electron chi connectivity index (χ3n) is 7.86. The molecule has 0 spiro atoms. The highest BCUT2D eigenvalue weighted by Crippen LogP contribution is 2.43. The van der Waals surface area contributed by atoms with Crippen molar-refractivity contribution in [3.63, 3.8) is 0 Å². The lowest BCUT2D eigenvalue weighted by Gasteiger charge is -2.20. The number of hydrogen-bond donors (Lipinski definition) is 2. The van der Waals surface area contributed by atoms with Gasteiger partial charge < -0.3 is 14.6 Å². The predicted molar refractivity (Wildman–Crippen MR) is 155 cm³/mol. The summed E-state index contributed by atoms with van der Waals surface area (Å²) in [5.41, 5.74) is 4.32. The normalized spacial score (nSPS) is 16.4. The average Bonchev–Trinajstić information content (AvgIpc) is 3.70. The molecule has 0 radical (unpaired) electrons. The molecule has 3 aromatic carbocycles. The van der Waals surface area contributed by atoms with Crippen LogP contribution in [0.3, 0.4) is 0 Å². The average molecular weight is 584 g/mol. The number of halogens is 2. The van der Waals surface area contributed by atoms with E-state index in [0.717, 1.165) is 23.1 Å². The molecule has 0 unspecified atom stereocenters. The number of pyridine rings is 1. The molecule has 1 saturated carbocycles. The number of rotatable bonds is 10. The molecule has 2 N–H and O–H groups in total. The van der Waals surface area contributed by atoms with E-state index in [2.05, 4.69) is 16.4 Å². The Kier molecular flexibility index (Phi) is 7.55. The topological polar surface area (TPSA) is 104 Å². The van der Waals surface area contributed by atoms with E-state index in [1.807, 2.05) is 24.3 Å². The first-order valence-electron chi connectivity index (χ1n) is 13.7. The van der Waals surface area contributed by atoms with Crippen LogP contribution in [-0.4, -0.2) is 21.6 Å². The van der Waals surface area contributed by atoms with Crippen molar-refractivity contribution in [3.05, 3.63) is 112 Å². The Labute approximate surface area is 247 Å². The Balaban J connectivity index is 1.28. The van der Waals surface area contributed by atoms with E-state index in [1.54, 1.807) is 36.5 Å². The molecular weight excluding hydrogens is 557 g/mol. The molecular formula is C33H27ClFN3O4. The SMILES string of the molecule is N#Cc1cncc(COc2cc(O[C@H]3CCc4c(-c5ccccc5F)cccc43)c(Cl)cc2CNC2(C(=O)O)CC2)c1. The van der Waals surface area contributed by atoms with Gasteiger partial charge in [-0.2, -0.15) is 5.26 Å². The van der Waals surface area contributed by atoms with Gasteiger partial charge in [0.2, 0.25) is 0 Å². The maximum absolute atomic E-state index is 14.6. The molecule has 0 bridgehead atoms. The van der Waals surface area contributed by atoms with Gasteiger partial charge in [0.05, 0.1) is 10.6 Å². The zero-order valence-electron chi connectivity index (χ0n) is 22.6. The van der Waals surface area contributed by atoms with Crippen LogP contribution in [0.4, 0.5) is 4.39 Å². The number of nitrogens with one attached hydrogen (secondary N) is 1. The Hall–Kier alpha value is -4.45. The van der Waals surface area contributed by atoms with Crippen LogP contribution in [0.2, 0.25) is 5.02 Å². The predicted octanol–water partition coefficient (Wildman–Crippen LogP) is 6.76. The van der Waals surface area contributed by atoms with E-state index >= 15 is 0 Å². The quantitative estimate of drug-likeness (QED) is 0.212. The maximum atomic E-state index is 14.6. The van der Waals surface area contributed by atoms with Crippen molar-refractivity contribution in [1.29, 1.82) is 5.26 Å². The number of hydrogen-bond acceptors (Lipinski definition) is 6. The molecule has 212 valence electrons. The molecule has 0 aliphatic heterocycles. The van der Waals surface area contributed by atoms with Gasteiger partial charge in [-0.15, -0.1) is 0 Å². The minimum Gasteiger partial charge on any atom is -0.488 e. The fourth-order valence-electron chi connectivity index (χ4n) is 5.41. The second-order valence-electron chi connectivity index (χ2n) is 10.6. The smallest absolute Gasteiger partial charge is 0.323 e. The number of aliphatic carboxylic acids is 1. The van der Waals surface area contributed by atoms with Crippen molar-refractivity contribution in [2.45, 2.75) is 50.5 Å². The number of carboxylic acids is 1. The molecule has 2 aliphatic rings. The van der Waals surface area contributed by atoms with Crippen molar-refractivity contribution in [3.8, 4) is 28.7 Å². The lowest BCUT2D eigenvalue weighted by atomic mass is 9.96. The summed E-state index contributed by atoms with van der Waals surface area (Å²) in [6.45, 7) is 0.370. The fourth-order valence-corrected chi connectivity index (χ4v) is 5.64. The minimum absolute atomic E-state index is 0.138. The number of carboxylic acid groups (broad SMARTS) is 1. The molecule has 2 aliphatic carbocycles. The van der Waals surface area contributed by atoms with Crippen LogP contribution < -0.4 is 14.8 Å². The first-order chi connectivity index (χ1) is 20.4. The molecule has 1 aromatic heterocycles. The molecule has 1 fully saturated rings. The molecule has 0 amide bonds. The van der Waals surface area contributed by atoms with Gasteiger partial charge in [0, 0.05) is 41.7 Å². The van der Waals surface area contributed by atoms with Crippen LogP contribution in [0.5, 0.6) is 11.5 Å². The van der Waals surface area contributed by atoms with Crippen molar-refractivity contribution >= 4 is 17.6 Å². The van der Waals surface area contributed by atoms with E-state index in [-0.39, 0.29) is 25.1 Å². The summed E-state index contributed by atoms with van der Waals surface area (Å²) in [5.74, 6) is -0.252. The summed E-state index contributed by atoms with van der Waals surface area (Å²) in [4.78, 5) is 15.8. The van der Waals surface area contributed by atoms with Crippen LogP contribution in [0.1, 0.15) is 53.2 Å². The van der Waals surface area contributed by atoms with Crippen molar-refractivity contribution < 1.29 is 23.8 Å². The highest BCUT2D eigenvalue weighted by molar-refractivity contribution is 6.32. The van der Waals surface area contributed by atoms with E-state index in [0.29, 0.717) is 58.0 Å². The molecule has 4 aromatic rings. The number of carbonyl (C=O) groups is 1. The first kappa shape index (κ1) is 27.7. The van der Waals surface area contributed by atoms with E-state index < -0.39 is 11.5 Å². The van der Waals surface area contributed by atoms with Gasteiger partial charge in [-0.1, -0.05) is 48.0 Å². The highest BCUT2D eigenvalue weighted by Gasteiger charge is 2.50. The van der Waals surface area contributed by atoms with Gasteiger partial charge in [-0.3, -0.25) is 15.1 Å². The summed E-state index contributed by atoms with van der Waals surface area (Å²) in [5, 5.41) is 22.3. The standard InChI is InChI=1S/C33H27ClFN3O4/c34-27-13-22(18-38-33(10-11-33)32(39)40)30(41-19-21-12-20(15-36)16-37-17-21)14-31(27)42-29-9-8-24-23(5-3-6-26(24)29)25-4-1-2-7-28(25)35/h1-7,12-14,16-17,29,38H,8-11,18-19H2,(H,39,40)/t29-/m0/s1. The second-order valence-corrected chi connectivity index (χ2v) is 11.0.